The lowest BCUT2D eigenvalue weighted by atomic mass is 9.94. The Morgan fingerprint density at radius 1 is 0.857 bits per heavy atom. The lowest BCUT2D eigenvalue weighted by Gasteiger charge is -2.30. The van der Waals surface area contributed by atoms with E-state index in [1.54, 1.807) is 4.68 Å². The van der Waals surface area contributed by atoms with E-state index in [0.29, 0.717) is 34.0 Å². The molecule has 35 heavy (non-hydrogen) atoms. The molecule has 0 saturated heterocycles. The second-order valence-corrected chi connectivity index (χ2v) is 9.03. The third-order valence-corrected chi connectivity index (χ3v) is 6.29. The molecular weight excluding hydrogens is 506 g/mol. The van der Waals surface area contributed by atoms with Crippen molar-refractivity contribution >= 4 is 44.9 Å². The van der Waals surface area contributed by atoms with E-state index >= 15 is 0 Å². The minimum atomic E-state index is -0.527. The van der Waals surface area contributed by atoms with Gasteiger partial charge in [-0.15, -0.1) is 0 Å². The van der Waals surface area contributed by atoms with Gasteiger partial charge in [-0.05, 0) is 48.9 Å². The Morgan fingerprint density at radius 2 is 1.43 bits per heavy atom. The molecule has 8 heteroatoms. The summed E-state index contributed by atoms with van der Waals surface area (Å²) in [5.74, 6) is -0.00448. The van der Waals surface area contributed by atoms with Crippen LogP contribution < -0.4 is 16.0 Å². The lowest BCUT2D eigenvalue weighted by Crippen LogP contribution is -2.32. The average Bonchev–Trinajstić information content (AvgIpc) is 3.28. The van der Waals surface area contributed by atoms with Crippen LogP contribution in [0.2, 0.25) is 0 Å². The highest BCUT2D eigenvalue weighted by atomic mass is 79.9. The summed E-state index contributed by atoms with van der Waals surface area (Å²) in [5.41, 5.74) is 3.80. The maximum atomic E-state index is 13.5. The second kappa shape index (κ2) is 9.60. The predicted molar refractivity (Wildman–Crippen MR) is 140 cm³/mol. The maximum Gasteiger partial charge on any atom is 0.261 e. The van der Waals surface area contributed by atoms with E-state index in [-0.39, 0.29) is 11.8 Å². The number of aromatic nitrogens is 2. The number of nitrogens with zero attached hydrogens (tertiary/aromatic N) is 2. The largest absolute Gasteiger partial charge is 0.343 e. The molecular formula is C27H22BrN5O2. The number of carbonyl (C=O) groups excluding carboxylic acids is 2. The molecule has 0 spiro atoms. The number of hydrogen-bond donors (Lipinski definition) is 3. The highest BCUT2D eigenvalue weighted by Crippen LogP contribution is 2.38. The van der Waals surface area contributed by atoms with Gasteiger partial charge in [-0.2, -0.15) is 5.10 Å². The minimum Gasteiger partial charge on any atom is -0.343 e. The van der Waals surface area contributed by atoms with Crippen molar-refractivity contribution in [2.24, 2.45) is 0 Å². The molecule has 7 nitrogen and oxygen atoms in total. The van der Waals surface area contributed by atoms with Gasteiger partial charge < -0.3 is 16.0 Å². The number of benzene rings is 3. The minimum absolute atomic E-state index is 0.245. The van der Waals surface area contributed by atoms with Crippen LogP contribution in [0.25, 0.3) is 0 Å². The fourth-order valence-corrected chi connectivity index (χ4v) is 4.37. The number of fused-ring (bicyclic) bond motifs is 1. The van der Waals surface area contributed by atoms with Gasteiger partial charge in [-0.3, -0.25) is 9.59 Å². The molecule has 4 aromatic rings. The van der Waals surface area contributed by atoms with Gasteiger partial charge in [0.05, 0.1) is 11.8 Å². The van der Waals surface area contributed by atoms with E-state index in [1.807, 2.05) is 91.9 Å². The average molecular weight is 528 g/mol. The van der Waals surface area contributed by atoms with Crippen LogP contribution in [0.4, 0.5) is 17.2 Å². The van der Waals surface area contributed by atoms with Gasteiger partial charge in [-0.25, -0.2) is 4.68 Å². The molecule has 0 fully saturated rings. The summed E-state index contributed by atoms with van der Waals surface area (Å²) >= 11 is 3.48. The topological polar surface area (TPSA) is 88.0 Å². The smallest absolute Gasteiger partial charge is 0.261 e. The van der Waals surface area contributed by atoms with Crippen molar-refractivity contribution in [1.29, 1.82) is 0 Å². The molecule has 0 saturated carbocycles. The maximum absolute atomic E-state index is 13.5. The van der Waals surface area contributed by atoms with Crippen molar-refractivity contribution in [1.82, 2.24) is 9.78 Å². The first-order chi connectivity index (χ1) is 17.0. The molecule has 1 aromatic heterocycles. The first-order valence-corrected chi connectivity index (χ1v) is 11.8. The van der Waals surface area contributed by atoms with Crippen molar-refractivity contribution in [3.63, 3.8) is 0 Å². The van der Waals surface area contributed by atoms with Gasteiger partial charge in [0.25, 0.3) is 11.8 Å². The summed E-state index contributed by atoms with van der Waals surface area (Å²) in [5, 5.41) is 13.7. The summed E-state index contributed by atoms with van der Waals surface area (Å²) < 4.78 is 2.62. The number of allylic oxidation sites excluding steroid dienone is 1. The third kappa shape index (κ3) is 4.61. The van der Waals surface area contributed by atoms with E-state index in [4.69, 9.17) is 0 Å². The Bertz CT molecular complexity index is 1410. The van der Waals surface area contributed by atoms with Crippen LogP contribution in [0.1, 0.15) is 28.9 Å². The SMILES string of the molecule is CC1=C(C(=O)Nc2ccccc2)[C@H](c2ccc(Br)cc2)n2ncc(C(=O)Nc3ccccc3)c2N1. The highest BCUT2D eigenvalue weighted by Gasteiger charge is 2.35. The number of anilines is 3. The molecule has 3 N–H and O–H groups in total. The quantitative estimate of drug-likeness (QED) is 0.305. The van der Waals surface area contributed by atoms with Gasteiger partial charge in [-0.1, -0.05) is 64.5 Å². The molecule has 1 aliphatic rings. The molecule has 1 atom stereocenters. The van der Waals surface area contributed by atoms with Crippen LogP contribution in [0, 0.1) is 0 Å². The molecule has 5 rings (SSSR count). The molecule has 2 amide bonds. The highest BCUT2D eigenvalue weighted by molar-refractivity contribution is 9.10. The summed E-state index contributed by atoms with van der Waals surface area (Å²) in [7, 11) is 0. The number of carbonyl (C=O) groups is 2. The van der Waals surface area contributed by atoms with Crippen LogP contribution in [0.15, 0.2) is 107 Å². The fraction of sp³-hybridized carbons (Fsp3) is 0.0741. The van der Waals surface area contributed by atoms with Crippen LogP contribution in [-0.2, 0) is 4.79 Å². The van der Waals surface area contributed by atoms with Gasteiger partial charge in [0.1, 0.15) is 17.4 Å². The van der Waals surface area contributed by atoms with Gasteiger partial charge in [0.2, 0.25) is 0 Å². The molecule has 174 valence electrons. The molecule has 1 aliphatic heterocycles. The van der Waals surface area contributed by atoms with Crippen molar-refractivity contribution in [2.75, 3.05) is 16.0 Å². The summed E-state index contributed by atoms with van der Waals surface area (Å²) in [6.45, 7) is 1.83. The van der Waals surface area contributed by atoms with Crippen LogP contribution in [-0.4, -0.2) is 21.6 Å². The van der Waals surface area contributed by atoms with Crippen molar-refractivity contribution < 1.29 is 9.59 Å². The third-order valence-electron chi connectivity index (χ3n) is 5.76. The first kappa shape index (κ1) is 22.6. The van der Waals surface area contributed by atoms with E-state index in [1.165, 1.54) is 6.20 Å². The zero-order valence-corrected chi connectivity index (χ0v) is 20.4. The molecule has 0 radical (unpaired) electrons. The molecule has 3 aromatic carbocycles. The van der Waals surface area contributed by atoms with Gasteiger partial charge in [0, 0.05) is 21.5 Å². The number of nitrogens with one attached hydrogen (secondary N) is 3. The first-order valence-electron chi connectivity index (χ1n) is 11.0. The van der Waals surface area contributed by atoms with Crippen LogP contribution in [0.3, 0.4) is 0 Å². The van der Waals surface area contributed by atoms with Crippen LogP contribution in [0.5, 0.6) is 0 Å². The number of para-hydroxylation sites is 2. The monoisotopic (exact) mass is 527 g/mol. The lowest BCUT2D eigenvalue weighted by molar-refractivity contribution is -0.113. The van der Waals surface area contributed by atoms with Crippen molar-refractivity contribution in [2.45, 2.75) is 13.0 Å². The second-order valence-electron chi connectivity index (χ2n) is 8.11. The van der Waals surface area contributed by atoms with Gasteiger partial charge in [0.15, 0.2) is 0 Å². The van der Waals surface area contributed by atoms with E-state index in [2.05, 4.69) is 37.0 Å². The Hall–Kier alpha value is -4.17. The fourth-order valence-electron chi connectivity index (χ4n) is 4.11. The Labute approximate surface area is 211 Å². The molecule has 0 aliphatic carbocycles. The molecule has 0 unspecified atom stereocenters. The molecule has 0 bridgehead atoms. The normalized spacial score (nSPS) is 14.6. The van der Waals surface area contributed by atoms with Gasteiger partial charge >= 0.3 is 0 Å². The predicted octanol–water partition coefficient (Wildman–Crippen LogP) is 5.83. The molecule has 2 heterocycles. The number of hydrogen-bond acceptors (Lipinski definition) is 4. The Morgan fingerprint density at radius 3 is 2.03 bits per heavy atom. The van der Waals surface area contributed by atoms with E-state index in [9.17, 15) is 9.59 Å². The number of halogens is 1. The van der Waals surface area contributed by atoms with E-state index < -0.39 is 6.04 Å². The number of rotatable bonds is 5. The van der Waals surface area contributed by atoms with E-state index in [0.717, 1.165) is 10.0 Å². The number of amides is 2. The Balaban J connectivity index is 1.55. The van der Waals surface area contributed by atoms with Crippen molar-refractivity contribution in [3.05, 3.63) is 118 Å². The van der Waals surface area contributed by atoms with Crippen LogP contribution >= 0.6 is 15.9 Å². The summed E-state index contributed by atoms with van der Waals surface area (Å²) in [6, 6.07) is 25.8. The summed E-state index contributed by atoms with van der Waals surface area (Å²) in [4.78, 5) is 26.6. The zero-order valence-electron chi connectivity index (χ0n) is 18.8. The van der Waals surface area contributed by atoms with Crippen molar-refractivity contribution in [3.8, 4) is 0 Å². The Kier molecular flexibility index (Phi) is 6.20. The standard InChI is InChI=1S/C27H22BrN5O2/c1-17-23(27(35)32-21-10-6-3-7-11-21)24(18-12-14-19(28)15-13-18)33-25(30-17)22(16-29-33)26(34)31-20-8-4-2-5-9-20/h2-16,24,30H,1H3,(H,31,34)(H,32,35)/t24-/m0/s1. The summed E-state index contributed by atoms with van der Waals surface area (Å²) in [6.07, 6.45) is 1.53. The zero-order chi connectivity index (χ0) is 24.4.